The first-order valence-electron chi connectivity index (χ1n) is 12.6. The van der Waals surface area contributed by atoms with Gasteiger partial charge >= 0.3 is 0 Å². The van der Waals surface area contributed by atoms with Crippen molar-refractivity contribution in [1.29, 1.82) is 0 Å². The number of carbonyl (C=O) groups excluding carboxylic acids is 2. The zero-order valence-corrected chi connectivity index (χ0v) is 22.5. The quantitative estimate of drug-likeness (QED) is 0.162. The first-order valence-corrected chi connectivity index (χ1v) is 13.0. The van der Waals surface area contributed by atoms with Gasteiger partial charge in [0.05, 0.1) is 18.2 Å². The van der Waals surface area contributed by atoms with Crippen LogP contribution in [0.15, 0.2) is 60.7 Å². The molecule has 37 heavy (non-hydrogen) atoms. The Hall–Kier alpha value is -3.29. The van der Waals surface area contributed by atoms with E-state index in [9.17, 15) is 14.7 Å². The number of aliphatic hydroxyl groups is 1. The maximum Gasteiger partial charge on any atom is 0.295 e. The lowest BCUT2D eigenvalue weighted by Crippen LogP contribution is -2.33. The molecule has 1 aliphatic heterocycles. The third-order valence-electron chi connectivity index (χ3n) is 6.37. The van der Waals surface area contributed by atoms with Gasteiger partial charge in [-0.15, -0.1) is 0 Å². The normalized spacial score (nSPS) is 16.9. The second-order valence-corrected chi connectivity index (χ2v) is 9.06. The Morgan fingerprint density at radius 1 is 1.08 bits per heavy atom. The van der Waals surface area contributed by atoms with Gasteiger partial charge in [0, 0.05) is 17.1 Å². The number of hydrogen-bond acceptors (Lipinski definition) is 6. The second-order valence-electron chi connectivity index (χ2n) is 8.62. The van der Waals surface area contributed by atoms with Gasteiger partial charge in [0.1, 0.15) is 12.4 Å². The maximum absolute atomic E-state index is 13.3. The Labute approximate surface area is 223 Å². The number of aliphatic hydroxyl groups excluding tert-OH is 1. The predicted octanol–water partition coefficient (Wildman–Crippen LogP) is 5.46. The van der Waals surface area contributed by atoms with Gasteiger partial charge in [0.15, 0.2) is 11.5 Å². The van der Waals surface area contributed by atoms with E-state index in [1.165, 1.54) is 0 Å². The van der Waals surface area contributed by atoms with Crippen LogP contribution in [0.25, 0.3) is 5.76 Å². The summed E-state index contributed by atoms with van der Waals surface area (Å²) in [5.41, 5.74) is 1.09. The van der Waals surface area contributed by atoms with Gasteiger partial charge in [-0.05, 0) is 74.9 Å². The van der Waals surface area contributed by atoms with Gasteiger partial charge in [-0.1, -0.05) is 44.2 Å². The minimum absolute atomic E-state index is 0.0392. The molecule has 0 saturated carbocycles. The Morgan fingerprint density at radius 3 is 2.41 bits per heavy atom. The molecule has 1 aliphatic rings. The molecule has 2 aromatic rings. The SMILES string of the molecule is C=CCOc1ccc(C2C(=C(O)c3ccc(Cl)cc3)C(=O)C(=O)N2CCCN(CC)CC)cc1OCC. The highest BCUT2D eigenvalue weighted by Gasteiger charge is 2.46. The number of hydrogen-bond donors (Lipinski definition) is 1. The molecule has 0 aromatic heterocycles. The molecule has 1 unspecified atom stereocenters. The van der Waals surface area contributed by atoms with E-state index in [-0.39, 0.29) is 11.3 Å². The number of Topliss-reactive ketones (excluding diaryl/α,β-unsaturated/α-hetero) is 1. The molecule has 0 aliphatic carbocycles. The lowest BCUT2D eigenvalue weighted by Gasteiger charge is -2.27. The van der Waals surface area contributed by atoms with Crippen molar-refractivity contribution >= 4 is 29.1 Å². The Kier molecular flexibility index (Phi) is 10.2. The first-order chi connectivity index (χ1) is 17.9. The number of halogens is 1. The number of amides is 1. The highest BCUT2D eigenvalue weighted by molar-refractivity contribution is 6.46. The van der Waals surface area contributed by atoms with Crippen molar-refractivity contribution in [1.82, 2.24) is 9.80 Å². The molecule has 3 rings (SSSR count). The van der Waals surface area contributed by atoms with Crippen molar-refractivity contribution < 1.29 is 24.2 Å². The van der Waals surface area contributed by atoms with E-state index >= 15 is 0 Å². The van der Waals surface area contributed by atoms with Gasteiger partial charge < -0.3 is 24.4 Å². The van der Waals surface area contributed by atoms with Gasteiger partial charge in [-0.25, -0.2) is 0 Å². The average molecular weight is 527 g/mol. The third kappa shape index (κ3) is 6.53. The summed E-state index contributed by atoms with van der Waals surface area (Å²) in [5, 5.41) is 11.7. The molecule has 7 nitrogen and oxygen atoms in total. The van der Waals surface area contributed by atoms with E-state index < -0.39 is 17.7 Å². The summed E-state index contributed by atoms with van der Waals surface area (Å²) >= 11 is 6.02. The summed E-state index contributed by atoms with van der Waals surface area (Å²) in [7, 11) is 0. The fourth-order valence-electron chi connectivity index (χ4n) is 4.46. The van der Waals surface area contributed by atoms with Gasteiger partial charge in [0.25, 0.3) is 11.7 Å². The highest BCUT2D eigenvalue weighted by Crippen LogP contribution is 2.42. The van der Waals surface area contributed by atoms with Gasteiger partial charge in [-0.2, -0.15) is 0 Å². The van der Waals surface area contributed by atoms with Gasteiger partial charge in [0.2, 0.25) is 0 Å². The molecule has 1 fully saturated rings. The molecule has 2 aromatic carbocycles. The largest absolute Gasteiger partial charge is 0.507 e. The minimum Gasteiger partial charge on any atom is -0.507 e. The van der Waals surface area contributed by atoms with Gasteiger partial charge in [-0.3, -0.25) is 9.59 Å². The fraction of sp³-hybridized carbons (Fsp3) is 0.379. The van der Waals surface area contributed by atoms with Crippen molar-refractivity contribution in [2.24, 2.45) is 0 Å². The van der Waals surface area contributed by atoms with E-state index in [1.807, 2.05) is 6.92 Å². The Morgan fingerprint density at radius 2 is 1.78 bits per heavy atom. The lowest BCUT2D eigenvalue weighted by molar-refractivity contribution is -0.140. The maximum atomic E-state index is 13.3. The molecular weight excluding hydrogens is 492 g/mol. The van der Waals surface area contributed by atoms with E-state index in [0.29, 0.717) is 53.8 Å². The number of ether oxygens (including phenoxy) is 2. The zero-order chi connectivity index (χ0) is 26.9. The van der Waals surface area contributed by atoms with Crippen LogP contribution in [0.4, 0.5) is 0 Å². The minimum atomic E-state index is -0.778. The summed E-state index contributed by atoms with van der Waals surface area (Å²) < 4.78 is 11.5. The molecular formula is C29H35ClN2O5. The van der Waals surface area contributed by atoms with Crippen LogP contribution in [-0.4, -0.2) is 66.0 Å². The van der Waals surface area contributed by atoms with Crippen molar-refractivity contribution in [2.75, 3.05) is 39.4 Å². The summed E-state index contributed by atoms with van der Waals surface area (Å²) in [6.45, 7) is 13.4. The second kappa shape index (κ2) is 13.3. The third-order valence-corrected chi connectivity index (χ3v) is 6.62. The van der Waals surface area contributed by atoms with Crippen LogP contribution in [0.1, 0.15) is 44.4 Å². The number of rotatable bonds is 13. The zero-order valence-electron chi connectivity index (χ0n) is 21.7. The van der Waals surface area contributed by atoms with Crippen LogP contribution in [0, 0.1) is 0 Å². The number of carbonyl (C=O) groups is 2. The van der Waals surface area contributed by atoms with Crippen LogP contribution >= 0.6 is 11.6 Å². The molecule has 1 heterocycles. The average Bonchev–Trinajstić information content (AvgIpc) is 3.15. The van der Waals surface area contributed by atoms with E-state index in [4.69, 9.17) is 21.1 Å². The van der Waals surface area contributed by atoms with Crippen LogP contribution in [-0.2, 0) is 9.59 Å². The van der Waals surface area contributed by atoms with E-state index in [2.05, 4.69) is 25.3 Å². The number of benzene rings is 2. The lowest BCUT2D eigenvalue weighted by atomic mass is 9.95. The summed E-state index contributed by atoms with van der Waals surface area (Å²) in [4.78, 5) is 30.4. The summed E-state index contributed by atoms with van der Waals surface area (Å²) in [6, 6.07) is 11.0. The Balaban J connectivity index is 2.09. The molecule has 0 spiro atoms. The molecule has 1 atom stereocenters. The van der Waals surface area contributed by atoms with Crippen LogP contribution in [0.2, 0.25) is 5.02 Å². The van der Waals surface area contributed by atoms with Crippen molar-refractivity contribution in [2.45, 2.75) is 33.2 Å². The fourth-order valence-corrected chi connectivity index (χ4v) is 4.58. The topological polar surface area (TPSA) is 79.3 Å². The van der Waals surface area contributed by atoms with Crippen molar-refractivity contribution in [3.8, 4) is 11.5 Å². The smallest absolute Gasteiger partial charge is 0.295 e. The highest BCUT2D eigenvalue weighted by atomic mass is 35.5. The molecule has 0 radical (unpaired) electrons. The standard InChI is InChI=1S/C29H35ClN2O5/c1-5-18-37-23-15-12-21(19-24(23)36-8-4)26-25(27(33)20-10-13-22(30)14-11-20)28(34)29(35)32(26)17-9-16-31(6-2)7-3/h5,10-15,19,26,33H,1,6-9,16-18H2,2-4H3. The van der Waals surface area contributed by atoms with Crippen molar-refractivity contribution in [3.63, 3.8) is 0 Å². The Bertz CT molecular complexity index is 1140. The first kappa shape index (κ1) is 28.3. The van der Waals surface area contributed by atoms with Crippen LogP contribution < -0.4 is 9.47 Å². The monoisotopic (exact) mass is 526 g/mol. The molecule has 8 heteroatoms. The predicted molar refractivity (Wildman–Crippen MR) is 146 cm³/mol. The molecule has 198 valence electrons. The summed E-state index contributed by atoms with van der Waals surface area (Å²) in [6.07, 6.45) is 2.32. The molecule has 0 bridgehead atoms. The number of ketones is 1. The number of likely N-dealkylation sites (tertiary alicyclic amines) is 1. The van der Waals surface area contributed by atoms with Crippen molar-refractivity contribution in [3.05, 3.63) is 76.8 Å². The molecule has 1 saturated heterocycles. The molecule has 1 N–H and O–H groups in total. The molecule has 1 amide bonds. The van der Waals surface area contributed by atoms with E-state index in [1.54, 1.807) is 53.4 Å². The van der Waals surface area contributed by atoms with Crippen LogP contribution in [0.5, 0.6) is 11.5 Å². The number of nitrogens with zero attached hydrogens (tertiary/aromatic N) is 2. The van der Waals surface area contributed by atoms with Crippen LogP contribution in [0.3, 0.4) is 0 Å². The summed E-state index contributed by atoms with van der Waals surface area (Å²) in [5.74, 6) is -0.574. The van der Waals surface area contributed by atoms with E-state index in [0.717, 1.165) is 19.6 Å².